The molecule has 0 spiro atoms. The normalized spacial score (nSPS) is 36.9. The van der Waals surface area contributed by atoms with Crippen molar-refractivity contribution < 1.29 is 0 Å². The van der Waals surface area contributed by atoms with E-state index in [1.807, 2.05) is 0 Å². The Labute approximate surface area is 101 Å². The second-order valence-electron chi connectivity index (χ2n) is 6.59. The van der Waals surface area contributed by atoms with Crippen LogP contribution in [0.4, 0.5) is 0 Å². The molecule has 0 aliphatic carbocycles. The third kappa shape index (κ3) is 3.21. The van der Waals surface area contributed by atoms with Crippen LogP contribution in [-0.4, -0.2) is 36.6 Å². The van der Waals surface area contributed by atoms with Gasteiger partial charge in [-0.3, -0.25) is 4.90 Å². The van der Waals surface area contributed by atoms with E-state index in [0.717, 1.165) is 12.1 Å². The Kier molecular flexibility index (Phi) is 3.91. The fourth-order valence-electron chi connectivity index (χ4n) is 3.10. The van der Waals surface area contributed by atoms with Gasteiger partial charge in [0.1, 0.15) is 0 Å². The SMILES string of the molecule is CC1CCC(N2CCCC(C)(C)CC2)CN1. The van der Waals surface area contributed by atoms with Gasteiger partial charge < -0.3 is 5.32 Å². The summed E-state index contributed by atoms with van der Waals surface area (Å²) in [6.07, 6.45) is 6.91. The molecule has 2 unspecified atom stereocenters. The molecule has 0 saturated carbocycles. The van der Waals surface area contributed by atoms with Crippen LogP contribution in [0.25, 0.3) is 0 Å². The molecule has 0 radical (unpaired) electrons. The molecule has 16 heavy (non-hydrogen) atoms. The zero-order valence-electron chi connectivity index (χ0n) is 11.3. The summed E-state index contributed by atoms with van der Waals surface area (Å²) in [5.41, 5.74) is 0.574. The first kappa shape index (κ1) is 12.4. The van der Waals surface area contributed by atoms with Crippen molar-refractivity contribution in [3.05, 3.63) is 0 Å². The van der Waals surface area contributed by atoms with Gasteiger partial charge in [-0.1, -0.05) is 13.8 Å². The highest BCUT2D eigenvalue weighted by molar-refractivity contribution is 4.85. The minimum absolute atomic E-state index is 0.574. The van der Waals surface area contributed by atoms with Gasteiger partial charge in [0, 0.05) is 18.6 Å². The van der Waals surface area contributed by atoms with Crippen molar-refractivity contribution in [1.82, 2.24) is 10.2 Å². The Balaban J connectivity index is 1.85. The zero-order chi connectivity index (χ0) is 11.6. The molecule has 2 aliphatic rings. The number of rotatable bonds is 1. The van der Waals surface area contributed by atoms with E-state index in [1.165, 1.54) is 51.7 Å². The van der Waals surface area contributed by atoms with Crippen LogP contribution in [0.15, 0.2) is 0 Å². The third-order valence-electron chi connectivity index (χ3n) is 4.53. The topological polar surface area (TPSA) is 15.3 Å². The van der Waals surface area contributed by atoms with Gasteiger partial charge >= 0.3 is 0 Å². The fourth-order valence-corrected chi connectivity index (χ4v) is 3.10. The van der Waals surface area contributed by atoms with Crippen molar-refractivity contribution in [1.29, 1.82) is 0 Å². The Morgan fingerprint density at radius 1 is 1.12 bits per heavy atom. The van der Waals surface area contributed by atoms with Crippen molar-refractivity contribution >= 4 is 0 Å². The second kappa shape index (κ2) is 5.05. The van der Waals surface area contributed by atoms with Crippen LogP contribution in [0.5, 0.6) is 0 Å². The quantitative estimate of drug-likeness (QED) is 0.736. The summed E-state index contributed by atoms with van der Waals surface area (Å²) in [5.74, 6) is 0. The van der Waals surface area contributed by atoms with Gasteiger partial charge in [0.15, 0.2) is 0 Å². The van der Waals surface area contributed by atoms with Crippen LogP contribution >= 0.6 is 0 Å². The van der Waals surface area contributed by atoms with E-state index >= 15 is 0 Å². The molecule has 2 nitrogen and oxygen atoms in total. The lowest BCUT2D eigenvalue weighted by Crippen LogP contribution is -2.49. The van der Waals surface area contributed by atoms with Crippen LogP contribution in [0.1, 0.15) is 52.9 Å². The molecule has 2 heterocycles. The lowest BCUT2D eigenvalue weighted by molar-refractivity contribution is 0.154. The number of nitrogens with one attached hydrogen (secondary N) is 1. The van der Waals surface area contributed by atoms with E-state index in [9.17, 15) is 0 Å². The van der Waals surface area contributed by atoms with Crippen LogP contribution in [0, 0.1) is 5.41 Å². The number of hydrogen-bond acceptors (Lipinski definition) is 2. The van der Waals surface area contributed by atoms with Gasteiger partial charge in [0.25, 0.3) is 0 Å². The van der Waals surface area contributed by atoms with Crippen LogP contribution in [-0.2, 0) is 0 Å². The molecule has 0 aromatic heterocycles. The molecule has 0 aromatic carbocycles. The summed E-state index contributed by atoms with van der Waals surface area (Å²) in [4.78, 5) is 2.74. The highest BCUT2D eigenvalue weighted by Crippen LogP contribution is 2.31. The molecular weight excluding hydrogens is 196 g/mol. The predicted octanol–water partition coefficient (Wildman–Crippen LogP) is 2.64. The number of hydrogen-bond donors (Lipinski definition) is 1. The first-order valence-electron chi connectivity index (χ1n) is 7.04. The molecule has 2 heteroatoms. The third-order valence-corrected chi connectivity index (χ3v) is 4.53. The molecule has 0 aromatic rings. The summed E-state index contributed by atoms with van der Waals surface area (Å²) < 4.78 is 0. The minimum Gasteiger partial charge on any atom is -0.313 e. The number of nitrogens with zero attached hydrogens (tertiary/aromatic N) is 1. The smallest absolute Gasteiger partial charge is 0.0221 e. The largest absolute Gasteiger partial charge is 0.313 e. The summed E-state index contributed by atoms with van der Waals surface area (Å²) >= 11 is 0. The van der Waals surface area contributed by atoms with Crippen molar-refractivity contribution in [2.24, 2.45) is 5.41 Å². The maximum Gasteiger partial charge on any atom is 0.0221 e. The standard InChI is InChI=1S/C14H28N2/c1-12-5-6-13(11-15-12)16-9-4-7-14(2,3)8-10-16/h12-13,15H,4-11H2,1-3H3. The van der Waals surface area contributed by atoms with Crippen molar-refractivity contribution in [2.75, 3.05) is 19.6 Å². The molecule has 2 rings (SSSR count). The Morgan fingerprint density at radius 3 is 2.62 bits per heavy atom. The van der Waals surface area contributed by atoms with E-state index in [4.69, 9.17) is 0 Å². The molecular formula is C14H28N2. The summed E-state index contributed by atoms with van der Waals surface area (Å²) in [6.45, 7) is 11.0. The first-order chi connectivity index (χ1) is 7.57. The summed E-state index contributed by atoms with van der Waals surface area (Å²) in [5, 5.41) is 3.63. The molecule has 2 saturated heterocycles. The number of likely N-dealkylation sites (tertiary alicyclic amines) is 1. The minimum atomic E-state index is 0.574. The average molecular weight is 224 g/mol. The maximum absolute atomic E-state index is 3.63. The average Bonchev–Trinajstić information content (AvgIpc) is 2.41. The van der Waals surface area contributed by atoms with Crippen molar-refractivity contribution in [2.45, 2.75) is 65.0 Å². The van der Waals surface area contributed by atoms with E-state index in [0.29, 0.717) is 5.41 Å². The van der Waals surface area contributed by atoms with Crippen LogP contribution in [0.3, 0.4) is 0 Å². The molecule has 2 fully saturated rings. The summed E-state index contributed by atoms with van der Waals surface area (Å²) in [6, 6.07) is 1.55. The predicted molar refractivity (Wildman–Crippen MR) is 69.7 cm³/mol. The molecule has 2 aliphatic heterocycles. The highest BCUT2D eigenvalue weighted by atomic mass is 15.2. The molecule has 0 bridgehead atoms. The van der Waals surface area contributed by atoms with Gasteiger partial charge in [-0.2, -0.15) is 0 Å². The molecule has 2 atom stereocenters. The lowest BCUT2D eigenvalue weighted by Gasteiger charge is -2.36. The summed E-state index contributed by atoms with van der Waals surface area (Å²) in [7, 11) is 0. The number of piperidine rings is 1. The first-order valence-corrected chi connectivity index (χ1v) is 7.04. The Morgan fingerprint density at radius 2 is 1.94 bits per heavy atom. The van der Waals surface area contributed by atoms with E-state index in [2.05, 4.69) is 31.0 Å². The molecule has 0 amide bonds. The van der Waals surface area contributed by atoms with Crippen molar-refractivity contribution in [3.63, 3.8) is 0 Å². The van der Waals surface area contributed by atoms with Crippen LogP contribution < -0.4 is 5.32 Å². The Hall–Kier alpha value is -0.0800. The van der Waals surface area contributed by atoms with Gasteiger partial charge in [0.05, 0.1) is 0 Å². The molecule has 94 valence electrons. The maximum atomic E-state index is 3.63. The molecule has 1 N–H and O–H groups in total. The second-order valence-corrected chi connectivity index (χ2v) is 6.59. The van der Waals surface area contributed by atoms with Gasteiger partial charge in [0.2, 0.25) is 0 Å². The van der Waals surface area contributed by atoms with Gasteiger partial charge in [-0.05, 0) is 57.5 Å². The van der Waals surface area contributed by atoms with E-state index < -0.39 is 0 Å². The van der Waals surface area contributed by atoms with Gasteiger partial charge in [-0.15, -0.1) is 0 Å². The lowest BCUT2D eigenvalue weighted by atomic mass is 9.85. The van der Waals surface area contributed by atoms with E-state index in [-0.39, 0.29) is 0 Å². The van der Waals surface area contributed by atoms with Gasteiger partial charge in [-0.25, -0.2) is 0 Å². The van der Waals surface area contributed by atoms with Crippen molar-refractivity contribution in [3.8, 4) is 0 Å². The highest BCUT2D eigenvalue weighted by Gasteiger charge is 2.28. The van der Waals surface area contributed by atoms with Crippen LogP contribution in [0.2, 0.25) is 0 Å². The monoisotopic (exact) mass is 224 g/mol. The van der Waals surface area contributed by atoms with E-state index in [1.54, 1.807) is 0 Å². The zero-order valence-corrected chi connectivity index (χ0v) is 11.3. The Bertz CT molecular complexity index is 217. The fraction of sp³-hybridized carbons (Fsp3) is 1.00.